The highest BCUT2D eigenvalue weighted by atomic mass is 35.5. The van der Waals surface area contributed by atoms with E-state index in [-0.39, 0.29) is 11.3 Å². The Balaban J connectivity index is 3.35. The molecule has 0 bridgehead atoms. The van der Waals surface area contributed by atoms with E-state index in [4.69, 9.17) is 22.4 Å². The fourth-order valence-electron chi connectivity index (χ4n) is 1.18. The minimum Gasteiger partial charge on any atom is -0.478 e. The Morgan fingerprint density at radius 2 is 2.23 bits per heavy atom. The van der Waals surface area contributed by atoms with E-state index < -0.39 is 5.97 Å². The van der Waals surface area contributed by atoms with Gasteiger partial charge in [-0.2, -0.15) is 0 Å². The lowest BCUT2D eigenvalue weighted by molar-refractivity contribution is 0.0698. The maximum Gasteiger partial charge on any atom is 0.337 e. The molecule has 3 nitrogen and oxygen atoms in total. The number of aromatic carboxylic acids is 1. The van der Waals surface area contributed by atoms with Gasteiger partial charge in [0.05, 0.1) is 11.3 Å². The number of hydrogen-bond donors (Lipinski definition) is 2. The summed E-state index contributed by atoms with van der Waals surface area (Å²) < 4.78 is 0. The summed E-state index contributed by atoms with van der Waals surface area (Å²) in [6.07, 6.45) is 0.631. The molecule has 0 unspecified atom stereocenters. The van der Waals surface area contributed by atoms with Crippen molar-refractivity contribution in [1.82, 2.24) is 0 Å². The van der Waals surface area contributed by atoms with Gasteiger partial charge in [-0.15, -0.1) is 0 Å². The minimum absolute atomic E-state index is 0.112. The second-order valence-corrected chi connectivity index (χ2v) is 3.05. The third-order valence-electron chi connectivity index (χ3n) is 1.88. The molecule has 1 aromatic rings. The van der Waals surface area contributed by atoms with Crippen LogP contribution in [-0.2, 0) is 6.42 Å². The van der Waals surface area contributed by atoms with Crippen LogP contribution in [-0.4, -0.2) is 11.1 Å². The molecule has 1 aromatic carbocycles. The average molecular weight is 200 g/mol. The summed E-state index contributed by atoms with van der Waals surface area (Å²) in [6, 6.07) is 2.97. The molecule has 0 spiro atoms. The number of nitrogens with two attached hydrogens (primary N) is 1. The third-order valence-corrected chi connectivity index (χ3v) is 2.24. The Morgan fingerprint density at radius 3 is 2.69 bits per heavy atom. The van der Waals surface area contributed by atoms with Crippen LogP contribution in [0.2, 0.25) is 5.02 Å². The maximum atomic E-state index is 10.7. The van der Waals surface area contributed by atoms with Crippen LogP contribution >= 0.6 is 11.6 Å². The molecule has 1 rings (SSSR count). The summed E-state index contributed by atoms with van der Waals surface area (Å²) in [5.74, 6) is -1.02. The minimum atomic E-state index is -1.02. The van der Waals surface area contributed by atoms with Crippen LogP contribution in [0.4, 0.5) is 5.69 Å². The highest BCUT2D eigenvalue weighted by molar-refractivity contribution is 6.32. The van der Waals surface area contributed by atoms with Crippen molar-refractivity contribution in [3.63, 3.8) is 0 Å². The quantitative estimate of drug-likeness (QED) is 0.718. The summed E-state index contributed by atoms with van der Waals surface area (Å²) in [5.41, 5.74) is 6.70. The van der Waals surface area contributed by atoms with Gasteiger partial charge in [0.1, 0.15) is 0 Å². The van der Waals surface area contributed by atoms with E-state index >= 15 is 0 Å². The van der Waals surface area contributed by atoms with Gasteiger partial charge < -0.3 is 10.8 Å². The molecule has 0 aliphatic rings. The summed E-state index contributed by atoms with van der Waals surface area (Å²) in [6.45, 7) is 1.88. The number of benzene rings is 1. The first kappa shape index (κ1) is 9.86. The number of anilines is 1. The third kappa shape index (κ3) is 1.75. The van der Waals surface area contributed by atoms with E-state index in [1.54, 1.807) is 6.07 Å². The van der Waals surface area contributed by atoms with Crippen LogP contribution in [0.3, 0.4) is 0 Å². The number of nitrogen functional groups attached to an aromatic ring is 1. The molecule has 3 N–H and O–H groups in total. The highest BCUT2D eigenvalue weighted by Gasteiger charge is 2.12. The second kappa shape index (κ2) is 3.66. The fourth-order valence-corrected chi connectivity index (χ4v) is 1.48. The Bertz CT molecular complexity index is 350. The van der Waals surface area contributed by atoms with Crippen molar-refractivity contribution in [3.8, 4) is 0 Å². The lowest BCUT2D eigenvalue weighted by Gasteiger charge is -2.07. The number of halogens is 1. The Morgan fingerprint density at radius 1 is 1.62 bits per heavy atom. The van der Waals surface area contributed by atoms with E-state index in [1.165, 1.54) is 6.07 Å². The van der Waals surface area contributed by atoms with E-state index in [2.05, 4.69) is 0 Å². The first-order chi connectivity index (χ1) is 6.07. The standard InChI is InChI=1S/C9H10ClNO2/c1-2-5-7(10)4-3-6(8(5)11)9(12)13/h3-4H,2,11H2,1H3,(H,12,13). The van der Waals surface area contributed by atoms with Gasteiger partial charge in [0.25, 0.3) is 0 Å². The van der Waals surface area contributed by atoms with E-state index in [9.17, 15) is 4.79 Å². The molecule has 13 heavy (non-hydrogen) atoms. The van der Waals surface area contributed by atoms with Gasteiger partial charge >= 0.3 is 5.97 Å². The first-order valence-electron chi connectivity index (χ1n) is 3.88. The number of hydrogen-bond acceptors (Lipinski definition) is 2. The monoisotopic (exact) mass is 199 g/mol. The Hall–Kier alpha value is -1.22. The zero-order valence-electron chi connectivity index (χ0n) is 7.17. The molecule has 0 amide bonds. The molecule has 0 fully saturated rings. The number of carbonyl (C=O) groups is 1. The molecule has 0 atom stereocenters. The Kier molecular flexibility index (Phi) is 2.78. The molecular formula is C9H10ClNO2. The van der Waals surface area contributed by atoms with Gasteiger partial charge in [-0.1, -0.05) is 18.5 Å². The van der Waals surface area contributed by atoms with Crippen molar-refractivity contribution in [2.45, 2.75) is 13.3 Å². The summed E-state index contributed by atoms with van der Waals surface area (Å²) >= 11 is 5.83. The zero-order chi connectivity index (χ0) is 10.0. The van der Waals surface area contributed by atoms with Crippen molar-refractivity contribution in [1.29, 1.82) is 0 Å². The van der Waals surface area contributed by atoms with E-state index in [0.717, 1.165) is 0 Å². The second-order valence-electron chi connectivity index (χ2n) is 2.65. The molecule has 0 heterocycles. The zero-order valence-corrected chi connectivity index (χ0v) is 7.93. The van der Waals surface area contributed by atoms with Gasteiger partial charge in [0.2, 0.25) is 0 Å². The largest absolute Gasteiger partial charge is 0.478 e. The predicted molar refractivity (Wildman–Crippen MR) is 52.2 cm³/mol. The molecule has 0 radical (unpaired) electrons. The van der Waals surface area contributed by atoms with Crippen LogP contribution in [0.15, 0.2) is 12.1 Å². The van der Waals surface area contributed by atoms with Gasteiger partial charge in [-0.05, 0) is 24.1 Å². The van der Waals surface area contributed by atoms with Crippen LogP contribution < -0.4 is 5.73 Å². The maximum absolute atomic E-state index is 10.7. The SMILES string of the molecule is CCc1c(Cl)ccc(C(=O)O)c1N. The fraction of sp³-hybridized carbons (Fsp3) is 0.222. The summed E-state index contributed by atoms with van der Waals surface area (Å²) in [5, 5.41) is 9.27. The van der Waals surface area contributed by atoms with Crippen LogP contribution in [0.25, 0.3) is 0 Å². The van der Waals surface area contributed by atoms with Gasteiger partial charge in [0, 0.05) is 5.02 Å². The van der Waals surface area contributed by atoms with E-state index in [1.807, 2.05) is 6.92 Å². The molecule has 0 saturated heterocycles. The van der Waals surface area contributed by atoms with E-state index in [0.29, 0.717) is 17.0 Å². The van der Waals surface area contributed by atoms with Crippen LogP contribution in [0, 0.1) is 0 Å². The van der Waals surface area contributed by atoms with Gasteiger partial charge in [0.15, 0.2) is 0 Å². The smallest absolute Gasteiger partial charge is 0.337 e. The van der Waals surface area contributed by atoms with Gasteiger partial charge in [-0.25, -0.2) is 4.79 Å². The predicted octanol–water partition coefficient (Wildman–Crippen LogP) is 2.18. The lowest BCUT2D eigenvalue weighted by Crippen LogP contribution is -2.05. The molecular weight excluding hydrogens is 190 g/mol. The van der Waals surface area contributed by atoms with Crippen molar-refractivity contribution in [2.75, 3.05) is 5.73 Å². The molecule has 4 heteroatoms. The summed E-state index contributed by atoms with van der Waals surface area (Å²) in [4.78, 5) is 10.7. The number of carboxylic acid groups (broad SMARTS) is 1. The topological polar surface area (TPSA) is 63.3 Å². The van der Waals surface area contributed by atoms with Crippen molar-refractivity contribution < 1.29 is 9.90 Å². The molecule has 0 aliphatic heterocycles. The molecule has 0 aliphatic carbocycles. The number of carboxylic acids is 1. The average Bonchev–Trinajstić information content (AvgIpc) is 2.04. The van der Waals surface area contributed by atoms with Gasteiger partial charge in [-0.3, -0.25) is 0 Å². The van der Waals surface area contributed by atoms with Crippen LogP contribution in [0.1, 0.15) is 22.8 Å². The van der Waals surface area contributed by atoms with Crippen molar-refractivity contribution in [2.24, 2.45) is 0 Å². The van der Waals surface area contributed by atoms with Crippen molar-refractivity contribution >= 4 is 23.3 Å². The normalized spacial score (nSPS) is 10.0. The van der Waals surface area contributed by atoms with Crippen LogP contribution in [0.5, 0.6) is 0 Å². The highest BCUT2D eigenvalue weighted by Crippen LogP contribution is 2.26. The number of rotatable bonds is 2. The van der Waals surface area contributed by atoms with Crippen molar-refractivity contribution in [3.05, 3.63) is 28.3 Å². The Labute approximate surface area is 81.1 Å². The molecule has 70 valence electrons. The molecule has 0 saturated carbocycles. The molecule has 0 aromatic heterocycles. The lowest BCUT2D eigenvalue weighted by atomic mass is 10.1. The summed E-state index contributed by atoms with van der Waals surface area (Å²) in [7, 11) is 0. The first-order valence-corrected chi connectivity index (χ1v) is 4.25.